The maximum atomic E-state index is 13.1. The number of halogens is 4. The van der Waals surface area contributed by atoms with E-state index in [-0.39, 0.29) is 42.0 Å². The van der Waals surface area contributed by atoms with Crippen LogP contribution < -0.4 is 11.3 Å². The minimum Gasteiger partial charge on any atom is -0.420 e. The molecule has 0 unspecified atom stereocenters. The van der Waals surface area contributed by atoms with E-state index in [0.717, 1.165) is 12.1 Å². The molecule has 2 aromatic heterocycles. The first-order valence-electron chi connectivity index (χ1n) is 7.69. The molecule has 0 spiro atoms. The zero-order valence-electron chi connectivity index (χ0n) is 13.8. The van der Waals surface area contributed by atoms with Gasteiger partial charge < -0.3 is 8.83 Å². The van der Waals surface area contributed by atoms with E-state index in [0.29, 0.717) is 0 Å². The zero-order chi connectivity index (χ0) is 21.1. The van der Waals surface area contributed by atoms with Crippen LogP contribution in [0.3, 0.4) is 0 Å². The summed E-state index contributed by atoms with van der Waals surface area (Å²) in [7, 11) is -4.62. The number of rotatable bonds is 2. The van der Waals surface area contributed by atoms with E-state index in [4.69, 9.17) is 55.2 Å². The molecule has 29 heavy (non-hydrogen) atoms. The van der Waals surface area contributed by atoms with Crippen molar-refractivity contribution < 1.29 is 17.3 Å². The van der Waals surface area contributed by atoms with Crippen LogP contribution in [0.25, 0.3) is 21.9 Å². The summed E-state index contributed by atoms with van der Waals surface area (Å²) in [5.41, 5.74) is -2.48. The van der Waals surface area contributed by atoms with Crippen LogP contribution in [0.2, 0.25) is 20.1 Å². The number of sulfone groups is 1. The highest BCUT2D eigenvalue weighted by atomic mass is 35.5. The fraction of sp³-hybridized carbons (Fsp3) is 0. The summed E-state index contributed by atoms with van der Waals surface area (Å²) < 4.78 is 36.2. The normalized spacial score (nSPS) is 12.0. The van der Waals surface area contributed by atoms with Crippen LogP contribution >= 0.6 is 46.4 Å². The fourth-order valence-electron chi connectivity index (χ4n) is 2.77. The quantitative estimate of drug-likeness (QED) is 0.351. The van der Waals surface area contributed by atoms with Crippen LogP contribution in [-0.2, 0) is 9.84 Å². The highest BCUT2D eigenvalue weighted by molar-refractivity contribution is 7.91. The first kappa shape index (κ1) is 20.3. The molecular weight excluding hydrogens is 486 g/mol. The predicted molar refractivity (Wildman–Crippen MR) is 110 cm³/mol. The Bertz CT molecular complexity index is 1440. The van der Waals surface area contributed by atoms with E-state index >= 15 is 0 Å². The van der Waals surface area contributed by atoms with Crippen molar-refractivity contribution in [3.8, 4) is 0 Å². The molecular formula is C18H6Cl4O6S. The number of benzene rings is 2. The minimum absolute atomic E-state index is 0.0306. The van der Waals surface area contributed by atoms with Gasteiger partial charge in [-0.3, -0.25) is 0 Å². The van der Waals surface area contributed by atoms with Crippen LogP contribution in [0.5, 0.6) is 0 Å². The second-order valence-electron chi connectivity index (χ2n) is 5.91. The average Bonchev–Trinajstić information content (AvgIpc) is 2.62. The highest BCUT2D eigenvalue weighted by Gasteiger charge is 2.28. The molecule has 0 bridgehead atoms. The highest BCUT2D eigenvalue weighted by Crippen LogP contribution is 2.31. The van der Waals surface area contributed by atoms with Crippen molar-refractivity contribution in [2.45, 2.75) is 9.79 Å². The molecule has 0 saturated carbocycles. The van der Waals surface area contributed by atoms with Gasteiger partial charge in [0, 0.05) is 20.8 Å². The number of fused-ring (bicyclic) bond motifs is 2. The van der Waals surface area contributed by atoms with Gasteiger partial charge in [0.2, 0.25) is 9.84 Å². The summed E-state index contributed by atoms with van der Waals surface area (Å²) in [6.45, 7) is 0. The number of hydrogen-bond donors (Lipinski definition) is 0. The van der Waals surface area contributed by atoms with Gasteiger partial charge in [0.1, 0.15) is 0 Å². The van der Waals surface area contributed by atoms with Crippen molar-refractivity contribution in [2.75, 3.05) is 0 Å². The summed E-state index contributed by atoms with van der Waals surface area (Å²) in [6.07, 6.45) is 0. The molecule has 0 N–H and O–H groups in total. The standard InChI is InChI=1S/C18H6Cl4O6S/c19-9-1-7-3-13(17(23)27-15(7)11(21)5-9)29(25,26)14-4-8-2-10(20)6-12(22)16(8)28-18(14)24/h1-6H. The lowest BCUT2D eigenvalue weighted by Crippen LogP contribution is -2.20. The van der Waals surface area contributed by atoms with Gasteiger partial charge in [-0.2, -0.15) is 0 Å². The molecule has 4 aromatic rings. The maximum absolute atomic E-state index is 13.1. The van der Waals surface area contributed by atoms with Crippen molar-refractivity contribution in [3.63, 3.8) is 0 Å². The van der Waals surface area contributed by atoms with Gasteiger partial charge in [-0.25, -0.2) is 18.0 Å². The van der Waals surface area contributed by atoms with Gasteiger partial charge in [0.15, 0.2) is 21.0 Å². The fourth-order valence-corrected chi connectivity index (χ4v) is 5.19. The summed E-state index contributed by atoms with van der Waals surface area (Å²) in [5.74, 6) is 0. The van der Waals surface area contributed by atoms with Crippen LogP contribution in [0, 0.1) is 0 Å². The molecule has 0 radical (unpaired) electrons. The van der Waals surface area contributed by atoms with Crippen molar-refractivity contribution in [1.29, 1.82) is 0 Å². The van der Waals surface area contributed by atoms with Crippen molar-refractivity contribution in [3.05, 3.63) is 77.3 Å². The van der Waals surface area contributed by atoms with E-state index in [9.17, 15) is 18.0 Å². The second kappa shape index (κ2) is 7.04. The van der Waals surface area contributed by atoms with Gasteiger partial charge in [0.05, 0.1) is 10.0 Å². The van der Waals surface area contributed by atoms with Crippen molar-refractivity contribution in [1.82, 2.24) is 0 Å². The third-order valence-corrected chi connectivity index (χ3v) is 6.74. The summed E-state index contributed by atoms with van der Waals surface area (Å²) in [5, 5.41) is 0.795. The molecule has 0 aliphatic carbocycles. The van der Waals surface area contributed by atoms with Crippen LogP contribution in [0.15, 0.2) is 64.6 Å². The lowest BCUT2D eigenvalue weighted by atomic mass is 10.2. The third-order valence-electron chi connectivity index (χ3n) is 4.02. The Morgan fingerprint density at radius 2 is 1.00 bits per heavy atom. The Balaban J connectivity index is 2.03. The monoisotopic (exact) mass is 490 g/mol. The topological polar surface area (TPSA) is 94.6 Å². The molecule has 6 nitrogen and oxygen atoms in total. The van der Waals surface area contributed by atoms with Crippen LogP contribution in [0.4, 0.5) is 0 Å². The predicted octanol–water partition coefficient (Wildman–Crippen LogP) is 5.35. The SMILES string of the molecule is O=c1oc2c(Cl)cc(Cl)cc2cc1S(=O)(=O)c1cc2cc(Cl)cc(Cl)c2oc1=O. The van der Waals surface area contributed by atoms with E-state index in [1.165, 1.54) is 24.3 Å². The summed E-state index contributed by atoms with van der Waals surface area (Å²) >= 11 is 23.8. The first-order chi connectivity index (χ1) is 13.6. The number of hydrogen-bond acceptors (Lipinski definition) is 6. The van der Waals surface area contributed by atoms with E-state index in [2.05, 4.69) is 0 Å². The largest absolute Gasteiger partial charge is 0.420 e. The lowest BCUT2D eigenvalue weighted by molar-refractivity contribution is 0.521. The second-order valence-corrected chi connectivity index (χ2v) is 9.49. The van der Waals surface area contributed by atoms with Crippen molar-refractivity contribution in [2.24, 2.45) is 0 Å². The molecule has 0 fully saturated rings. The van der Waals surface area contributed by atoms with Gasteiger partial charge in [0.25, 0.3) is 0 Å². The Kier molecular flexibility index (Phi) is 4.91. The van der Waals surface area contributed by atoms with E-state index in [1.54, 1.807) is 0 Å². The van der Waals surface area contributed by atoms with Gasteiger partial charge >= 0.3 is 11.3 Å². The molecule has 2 heterocycles. The van der Waals surface area contributed by atoms with Gasteiger partial charge in [-0.05, 0) is 36.4 Å². The maximum Gasteiger partial charge on any atom is 0.355 e. The molecule has 148 valence electrons. The Morgan fingerprint density at radius 1 is 0.621 bits per heavy atom. The van der Waals surface area contributed by atoms with Gasteiger partial charge in [-0.15, -0.1) is 0 Å². The Morgan fingerprint density at radius 3 is 1.38 bits per heavy atom. The Labute approximate surface area is 182 Å². The van der Waals surface area contributed by atoms with Crippen LogP contribution in [-0.4, -0.2) is 8.42 Å². The van der Waals surface area contributed by atoms with Gasteiger partial charge in [-0.1, -0.05) is 46.4 Å². The molecule has 0 atom stereocenters. The molecule has 4 rings (SSSR count). The molecule has 0 saturated heterocycles. The molecule has 0 aliphatic rings. The Hall–Kier alpha value is -2.03. The van der Waals surface area contributed by atoms with Crippen LogP contribution in [0.1, 0.15) is 0 Å². The molecule has 0 aliphatic heterocycles. The molecule has 2 aromatic carbocycles. The van der Waals surface area contributed by atoms with Crippen molar-refractivity contribution >= 4 is 78.2 Å². The summed E-state index contributed by atoms with van der Waals surface area (Å²) in [4.78, 5) is 23.2. The molecule has 11 heteroatoms. The average molecular weight is 492 g/mol. The van der Waals surface area contributed by atoms with E-state index in [1.807, 2.05) is 0 Å². The van der Waals surface area contributed by atoms with E-state index < -0.39 is 30.9 Å². The smallest absolute Gasteiger partial charge is 0.355 e. The molecule has 0 amide bonds. The summed E-state index contributed by atoms with van der Waals surface area (Å²) in [6, 6.07) is 7.48. The minimum atomic E-state index is -4.62. The third kappa shape index (κ3) is 3.43. The zero-order valence-corrected chi connectivity index (χ0v) is 17.7. The lowest BCUT2D eigenvalue weighted by Gasteiger charge is -2.07. The first-order valence-corrected chi connectivity index (χ1v) is 10.7.